The standard InChI is InChI=1S/C15H26N4O2/c1-11(2)9-12(19(3)4)10-17-15(20)18-13-7-6-8-16-14(13)21-5/h6-8,11-12H,9-10H2,1-5H3,(H2,17,18,20). The summed E-state index contributed by atoms with van der Waals surface area (Å²) in [5.41, 5.74) is 0.558. The highest BCUT2D eigenvalue weighted by atomic mass is 16.5. The van der Waals surface area contributed by atoms with Crippen LogP contribution in [0.4, 0.5) is 10.5 Å². The Kier molecular flexibility index (Phi) is 6.94. The number of carbonyl (C=O) groups is 1. The molecule has 0 aromatic carbocycles. The molecule has 0 aliphatic heterocycles. The van der Waals surface area contributed by atoms with E-state index in [4.69, 9.17) is 4.74 Å². The second-order valence-corrected chi connectivity index (χ2v) is 5.64. The van der Waals surface area contributed by atoms with E-state index < -0.39 is 0 Å². The number of amides is 2. The number of anilines is 1. The van der Waals surface area contributed by atoms with Crippen LogP contribution in [0.1, 0.15) is 20.3 Å². The lowest BCUT2D eigenvalue weighted by atomic mass is 10.0. The van der Waals surface area contributed by atoms with Crippen molar-refractivity contribution < 1.29 is 9.53 Å². The fourth-order valence-electron chi connectivity index (χ4n) is 2.05. The summed E-state index contributed by atoms with van der Waals surface area (Å²) < 4.78 is 5.10. The van der Waals surface area contributed by atoms with Crippen LogP contribution in [0, 0.1) is 5.92 Å². The molecule has 6 nitrogen and oxygen atoms in total. The molecule has 1 heterocycles. The van der Waals surface area contributed by atoms with E-state index in [1.165, 1.54) is 7.11 Å². The van der Waals surface area contributed by atoms with Crippen LogP contribution in [-0.4, -0.2) is 49.7 Å². The van der Waals surface area contributed by atoms with E-state index in [0.717, 1.165) is 6.42 Å². The van der Waals surface area contributed by atoms with Gasteiger partial charge in [0.1, 0.15) is 5.69 Å². The molecule has 0 bridgehead atoms. The number of nitrogens with zero attached hydrogens (tertiary/aromatic N) is 2. The van der Waals surface area contributed by atoms with E-state index in [9.17, 15) is 4.79 Å². The minimum atomic E-state index is -0.253. The van der Waals surface area contributed by atoms with E-state index >= 15 is 0 Å². The number of pyridine rings is 1. The summed E-state index contributed by atoms with van der Waals surface area (Å²) in [5, 5.41) is 5.65. The van der Waals surface area contributed by atoms with Crippen LogP contribution in [-0.2, 0) is 0 Å². The summed E-state index contributed by atoms with van der Waals surface area (Å²) in [6.45, 7) is 4.95. The molecule has 1 atom stereocenters. The number of hydrogen-bond acceptors (Lipinski definition) is 4. The van der Waals surface area contributed by atoms with Gasteiger partial charge < -0.3 is 20.3 Å². The van der Waals surface area contributed by atoms with E-state index in [-0.39, 0.29) is 6.03 Å². The maximum atomic E-state index is 12.0. The minimum Gasteiger partial charge on any atom is -0.480 e. The molecule has 2 amide bonds. The van der Waals surface area contributed by atoms with Crippen molar-refractivity contribution in [1.82, 2.24) is 15.2 Å². The van der Waals surface area contributed by atoms with Gasteiger partial charge in [0.15, 0.2) is 0 Å². The van der Waals surface area contributed by atoms with Gasteiger partial charge >= 0.3 is 6.03 Å². The highest BCUT2D eigenvalue weighted by Crippen LogP contribution is 2.19. The van der Waals surface area contributed by atoms with Crippen molar-refractivity contribution >= 4 is 11.7 Å². The van der Waals surface area contributed by atoms with Gasteiger partial charge in [-0.2, -0.15) is 0 Å². The lowest BCUT2D eigenvalue weighted by Crippen LogP contribution is -2.42. The highest BCUT2D eigenvalue weighted by Gasteiger charge is 2.15. The Labute approximate surface area is 126 Å². The zero-order valence-corrected chi connectivity index (χ0v) is 13.5. The van der Waals surface area contributed by atoms with E-state index in [1.807, 2.05) is 14.1 Å². The van der Waals surface area contributed by atoms with Crippen molar-refractivity contribution in [3.8, 4) is 5.88 Å². The zero-order chi connectivity index (χ0) is 15.8. The molecule has 1 rings (SSSR count). The van der Waals surface area contributed by atoms with Crippen molar-refractivity contribution in [3.63, 3.8) is 0 Å². The van der Waals surface area contributed by atoms with Crippen molar-refractivity contribution in [2.45, 2.75) is 26.3 Å². The smallest absolute Gasteiger partial charge is 0.319 e. The molecule has 0 saturated heterocycles. The third kappa shape index (κ3) is 5.99. The SMILES string of the molecule is COc1ncccc1NC(=O)NCC(CC(C)C)N(C)C. The molecule has 0 saturated carbocycles. The van der Waals surface area contributed by atoms with Crippen LogP contribution < -0.4 is 15.4 Å². The molecule has 1 aromatic rings. The normalized spacial score (nSPS) is 12.3. The molecular formula is C15H26N4O2. The average Bonchev–Trinajstić information content (AvgIpc) is 2.43. The van der Waals surface area contributed by atoms with Gasteiger partial charge in [-0.3, -0.25) is 0 Å². The monoisotopic (exact) mass is 294 g/mol. The Morgan fingerprint density at radius 2 is 2.14 bits per heavy atom. The van der Waals surface area contributed by atoms with Gasteiger partial charge in [0.2, 0.25) is 5.88 Å². The first-order valence-electron chi connectivity index (χ1n) is 7.14. The molecule has 21 heavy (non-hydrogen) atoms. The molecule has 118 valence electrons. The van der Waals surface area contributed by atoms with Gasteiger partial charge in [0.25, 0.3) is 0 Å². The average molecular weight is 294 g/mol. The van der Waals surface area contributed by atoms with Crippen LogP contribution in [0.2, 0.25) is 0 Å². The topological polar surface area (TPSA) is 66.5 Å². The van der Waals surface area contributed by atoms with Gasteiger partial charge in [-0.05, 0) is 38.6 Å². The van der Waals surface area contributed by atoms with Gasteiger partial charge in [-0.15, -0.1) is 0 Å². The summed E-state index contributed by atoms with van der Waals surface area (Å²) in [4.78, 5) is 18.1. The van der Waals surface area contributed by atoms with Crippen molar-refractivity contribution in [1.29, 1.82) is 0 Å². The summed E-state index contributed by atoms with van der Waals surface area (Å²) in [6, 6.07) is 3.56. The molecule has 0 aliphatic rings. The Morgan fingerprint density at radius 3 is 2.71 bits per heavy atom. The van der Waals surface area contributed by atoms with Gasteiger partial charge in [0.05, 0.1) is 7.11 Å². The quantitative estimate of drug-likeness (QED) is 0.809. The molecule has 6 heteroatoms. The number of likely N-dealkylation sites (N-methyl/N-ethyl adjacent to an activating group) is 1. The minimum absolute atomic E-state index is 0.253. The number of rotatable bonds is 7. The summed E-state index contributed by atoms with van der Waals surface area (Å²) in [5.74, 6) is 0.986. The fourth-order valence-corrected chi connectivity index (χ4v) is 2.05. The summed E-state index contributed by atoms with van der Waals surface area (Å²) in [7, 11) is 5.57. The summed E-state index contributed by atoms with van der Waals surface area (Å²) >= 11 is 0. The predicted molar refractivity (Wildman–Crippen MR) is 84.7 cm³/mol. The first-order valence-corrected chi connectivity index (χ1v) is 7.14. The molecule has 1 unspecified atom stereocenters. The van der Waals surface area contributed by atoms with Gasteiger partial charge in [-0.1, -0.05) is 13.8 Å². The van der Waals surface area contributed by atoms with E-state index in [0.29, 0.717) is 30.1 Å². The first-order chi connectivity index (χ1) is 9.93. The Balaban J connectivity index is 2.53. The van der Waals surface area contributed by atoms with Crippen LogP contribution >= 0.6 is 0 Å². The summed E-state index contributed by atoms with van der Waals surface area (Å²) in [6.07, 6.45) is 2.65. The Morgan fingerprint density at radius 1 is 1.43 bits per heavy atom. The Hall–Kier alpha value is -1.82. The van der Waals surface area contributed by atoms with Crippen LogP contribution in [0.25, 0.3) is 0 Å². The van der Waals surface area contributed by atoms with E-state index in [1.54, 1.807) is 18.3 Å². The molecule has 0 aliphatic carbocycles. The predicted octanol–water partition coefficient (Wildman–Crippen LogP) is 2.19. The number of ether oxygens (including phenoxy) is 1. The molecule has 1 aromatic heterocycles. The zero-order valence-electron chi connectivity index (χ0n) is 13.5. The maximum Gasteiger partial charge on any atom is 0.319 e. The number of aromatic nitrogens is 1. The van der Waals surface area contributed by atoms with Crippen LogP contribution in [0.3, 0.4) is 0 Å². The molecule has 2 N–H and O–H groups in total. The van der Waals surface area contributed by atoms with E-state index in [2.05, 4.69) is 34.4 Å². The van der Waals surface area contributed by atoms with Crippen LogP contribution in [0.15, 0.2) is 18.3 Å². The van der Waals surface area contributed by atoms with Gasteiger partial charge in [-0.25, -0.2) is 9.78 Å². The second kappa shape index (κ2) is 8.46. The molecule has 0 radical (unpaired) electrons. The lowest BCUT2D eigenvalue weighted by Gasteiger charge is -2.26. The van der Waals surface area contributed by atoms with Crippen molar-refractivity contribution in [3.05, 3.63) is 18.3 Å². The lowest BCUT2D eigenvalue weighted by molar-refractivity contribution is 0.231. The third-order valence-corrected chi connectivity index (χ3v) is 3.18. The first kappa shape index (κ1) is 17.2. The maximum absolute atomic E-state index is 12.0. The highest BCUT2D eigenvalue weighted by molar-refractivity contribution is 5.90. The van der Waals surface area contributed by atoms with Crippen molar-refractivity contribution in [2.24, 2.45) is 5.92 Å². The largest absolute Gasteiger partial charge is 0.480 e. The molecule has 0 fully saturated rings. The van der Waals surface area contributed by atoms with Gasteiger partial charge in [0, 0.05) is 18.8 Å². The van der Waals surface area contributed by atoms with Crippen molar-refractivity contribution in [2.75, 3.05) is 33.1 Å². The number of nitrogens with one attached hydrogen (secondary N) is 2. The second-order valence-electron chi connectivity index (χ2n) is 5.64. The third-order valence-electron chi connectivity index (χ3n) is 3.18. The fraction of sp³-hybridized carbons (Fsp3) is 0.600. The number of methoxy groups -OCH3 is 1. The molecular weight excluding hydrogens is 268 g/mol. The molecule has 0 spiro atoms. The number of urea groups is 1. The number of carbonyl (C=O) groups excluding carboxylic acids is 1. The number of hydrogen-bond donors (Lipinski definition) is 2. The Bertz CT molecular complexity index is 449. The van der Waals surface area contributed by atoms with Crippen LogP contribution in [0.5, 0.6) is 5.88 Å².